The first-order valence-corrected chi connectivity index (χ1v) is 9.10. The Labute approximate surface area is 151 Å². The first-order valence-electron chi connectivity index (χ1n) is 8.22. The molecule has 2 aromatic heterocycles. The van der Waals surface area contributed by atoms with E-state index in [2.05, 4.69) is 30.9 Å². The van der Waals surface area contributed by atoms with E-state index in [4.69, 9.17) is 9.15 Å². The van der Waals surface area contributed by atoms with Gasteiger partial charge in [0.25, 0.3) is 0 Å². The van der Waals surface area contributed by atoms with Crippen molar-refractivity contribution in [1.82, 2.24) is 5.32 Å². The Kier molecular flexibility index (Phi) is 5.40. The van der Waals surface area contributed by atoms with Gasteiger partial charge in [-0.05, 0) is 23.6 Å². The van der Waals surface area contributed by atoms with Crippen LogP contribution in [-0.2, 0) is 11.2 Å². The molecule has 0 spiro atoms. The Morgan fingerprint density at radius 2 is 2.20 bits per heavy atom. The molecule has 0 fully saturated rings. The predicted octanol–water partition coefficient (Wildman–Crippen LogP) is 2.05. The number of furan rings is 1. The van der Waals surface area contributed by atoms with Crippen LogP contribution in [0.15, 0.2) is 46.4 Å². The molecule has 1 amide bonds. The second kappa shape index (κ2) is 7.72. The van der Waals surface area contributed by atoms with Crippen molar-refractivity contribution in [2.75, 3.05) is 27.7 Å². The third-order valence-electron chi connectivity index (χ3n) is 4.30. The largest absolute Gasteiger partial charge is 0.497 e. The summed E-state index contributed by atoms with van der Waals surface area (Å²) in [4.78, 5) is 15.0. The van der Waals surface area contributed by atoms with Gasteiger partial charge in [-0.15, -0.1) is 11.3 Å². The van der Waals surface area contributed by atoms with Gasteiger partial charge in [0.1, 0.15) is 17.4 Å². The molecule has 25 heavy (non-hydrogen) atoms. The summed E-state index contributed by atoms with van der Waals surface area (Å²) in [5.41, 5.74) is 1.62. The number of carbonyl (C=O) groups is 1. The summed E-state index contributed by atoms with van der Waals surface area (Å²) in [5.74, 6) is 0.743. The monoisotopic (exact) mass is 359 g/mol. The lowest BCUT2D eigenvalue weighted by Gasteiger charge is -2.20. The van der Waals surface area contributed by atoms with Crippen molar-refractivity contribution in [3.63, 3.8) is 0 Å². The van der Waals surface area contributed by atoms with Crippen molar-refractivity contribution in [3.8, 4) is 5.75 Å². The number of likely N-dealkylation sites (N-methyl/N-ethyl adjacent to an activating group) is 1. The van der Waals surface area contributed by atoms with E-state index in [0.717, 1.165) is 22.3 Å². The van der Waals surface area contributed by atoms with E-state index in [0.29, 0.717) is 13.0 Å². The molecular formula is C19H23N2O3S+. The van der Waals surface area contributed by atoms with Gasteiger partial charge in [-0.3, -0.25) is 4.79 Å². The number of thiophene rings is 1. The maximum Gasteiger partial charge on any atom is 0.224 e. The van der Waals surface area contributed by atoms with Gasteiger partial charge in [0.15, 0.2) is 0 Å². The molecule has 1 atom stereocenters. The summed E-state index contributed by atoms with van der Waals surface area (Å²) in [5, 5.41) is 6.08. The highest BCUT2D eigenvalue weighted by atomic mass is 32.1. The SMILES string of the molecule is COc1ccc2c(CC(=O)NC[C@H](c3cccs3)[NH+](C)C)coc2c1. The zero-order valence-electron chi connectivity index (χ0n) is 14.7. The van der Waals surface area contributed by atoms with Crippen LogP contribution in [0.5, 0.6) is 5.75 Å². The highest BCUT2D eigenvalue weighted by molar-refractivity contribution is 7.10. The number of amides is 1. The second-order valence-corrected chi connectivity index (χ2v) is 7.23. The van der Waals surface area contributed by atoms with Gasteiger partial charge in [0, 0.05) is 17.0 Å². The van der Waals surface area contributed by atoms with Crippen LogP contribution in [-0.4, -0.2) is 33.7 Å². The fourth-order valence-electron chi connectivity index (χ4n) is 2.86. The Hall–Kier alpha value is -2.31. The van der Waals surface area contributed by atoms with Crippen molar-refractivity contribution in [3.05, 3.63) is 52.4 Å². The maximum atomic E-state index is 12.4. The van der Waals surface area contributed by atoms with Gasteiger partial charge in [-0.1, -0.05) is 6.07 Å². The van der Waals surface area contributed by atoms with Gasteiger partial charge < -0.3 is 19.4 Å². The van der Waals surface area contributed by atoms with Gasteiger partial charge in [-0.2, -0.15) is 0 Å². The second-order valence-electron chi connectivity index (χ2n) is 6.25. The Bertz CT molecular complexity index is 840. The van der Waals surface area contributed by atoms with Crippen LogP contribution in [0.1, 0.15) is 16.5 Å². The van der Waals surface area contributed by atoms with E-state index in [1.807, 2.05) is 24.3 Å². The number of methoxy groups -OCH3 is 1. The van der Waals surface area contributed by atoms with Crippen LogP contribution in [0.4, 0.5) is 0 Å². The van der Waals surface area contributed by atoms with Crippen LogP contribution in [0.3, 0.4) is 0 Å². The van der Waals surface area contributed by atoms with Gasteiger partial charge in [0.2, 0.25) is 5.91 Å². The molecule has 0 radical (unpaired) electrons. The minimum Gasteiger partial charge on any atom is -0.497 e. The zero-order valence-corrected chi connectivity index (χ0v) is 15.5. The number of hydrogen-bond acceptors (Lipinski definition) is 4. The minimum atomic E-state index is 0.00123. The highest BCUT2D eigenvalue weighted by Gasteiger charge is 2.20. The topological polar surface area (TPSA) is 55.9 Å². The van der Waals surface area contributed by atoms with E-state index < -0.39 is 0 Å². The molecule has 0 unspecified atom stereocenters. The molecule has 0 aliphatic carbocycles. The lowest BCUT2D eigenvalue weighted by molar-refractivity contribution is -0.890. The third kappa shape index (κ3) is 4.03. The fourth-order valence-corrected chi connectivity index (χ4v) is 3.81. The Morgan fingerprint density at radius 3 is 2.88 bits per heavy atom. The van der Waals surface area contributed by atoms with E-state index in [9.17, 15) is 4.79 Å². The maximum absolute atomic E-state index is 12.4. The lowest BCUT2D eigenvalue weighted by Crippen LogP contribution is -3.06. The minimum absolute atomic E-state index is 0.00123. The van der Waals surface area contributed by atoms with Crippen molar-refractivity contribution in [2.45, 2.75) is 12.5 Å². The number of hydrogen-bond donors (Lipinski definition) is 2. The fraction of sp³-hybridized carbons (Fsp3) is 0.316. The molecule has 5 nitrogen and oxygen atoms in total. The summed E-state index contributed by atoms with van der Waals surface area (Å²) in [7, 11) is 5.83. The molecule has 0 saturated heterocycles. The molecule has 0 aliphatic heterocycles. The summed E-state index contributed by atoms with van der Waals surface area (Å²) in [6.07, 6.45) is 1.96. The zero-order chi connectivity index (χ0) is 17.8. The summed E-state index contributed by atoms with van der Waals surface area (Å²) >= 11 is 1.72. The van der Waals surface area contributed by atoms with E-state index in [-0.39, 0.29) is 11.9 Å². The van der Waals surface area contributed by atoms with Crippen molar-refractivity contribution >= 4 is 28.2 Å². The molecule has 2 heterocycles. The smallest absolute Gasteiger partial charge is 0.224 e. The number of fused-ring (bicyclic) bond motifs is 1. The lowest BCUT2D eigenvalue weighted by atomic mass is 10.1. The van der Waals surface area contributed by atoms with Gasteiger partial charge >= 0.3 is 0 Å². The summed E-state index contributed by atoms with van der Waals surface area (Å²) in [6, 6.07) is 10.1. The summed E-state index contributed by atoms with van der Waals surface area (Å²) in [6.45, 7) is 0.616. The number of benzene rings is 1. The molecule has 0 saturated carbocycles. The van der Waals surface area contributed by atoms with E-state index >= 15 is 0 Å². The predicted molar refractivity (Wildman–Crippen MR) is 99.4 cm³/mol. The molecule has 1 aromatic carbocycles. The Morgan fingerprint density at radius 1 is 1.36 bits per heavy atom. The highest BCUT2D eigenvalue weighted by Crippen LogP contribution is 2.25. The van der Waals surface area contributed by atoms with Crippen LogP contribution in [0.25, 0.3) is 11.0 Å². The van der Waals surface area contributed by atoms with Crippen LogP contribution >= 0.6 is 11.3 Å². The molecule has 0 bridgehead atoms. The first-order chi connectivity index (χ1) is 12.1. The molecule has 3 aromatic rings. The number of carbonyl (C=O) groups excluding carboxylic acids is 1. The van der Waals surface area contributed by atoms with E-state index in [1.165, 1.54) is 9.78 Å². The van der Waals surface area contributed by atoms with Crippen LogP contribution in [0, 0.1) is 0 Å². The average molecular weight is 359 g/mol. The summed E-state index contributed by atoms with van der Waals surface area (Å²) < 4.78 is 10.7. The number of nitrogens with one attached hydrogen (secondary N) is 2. The molecule has 0 aliphatic rings. The molecule has 6 heteroatoms. The van der Waals surface area contributed by atoms with Gasteiger partial charge in [-0.25, -0.2) is 0 Å². The van der Waals surface area contributed by atoms with Crippen molar-refractivity contribution in [2.24, 2.45) is 0 Å². The third-order valence-corrected chi connectivity index (χ3v) is 5.29. The quantitative estimate of drug-likeness (QED) is 0.679. The molecular weight excluding hydrogens is 336 g/mol. The Balaban J connectivity index is 1.64. The molecule has 3 rings (SSSR count). The number of ether oxygens (including phenoxy) is 1. The van der Waals surface area contributed by atoms with E-state index in [1.54, 1.807) is 24.7 Å². The van der Waals surface area contributed by atoms with Crippen molar-refractivity contribution in [1.29, 1.82) is 0 Å². The van der Waals surface area contributed by atoms with Crippen LogP contribution in [0.2, 0.25) is 0 Å². The number of rotatable bonds is 7. The van der Waals surface area contributed by atoms with Gasteiger partial charge in [0.05, 0.1) is 45.3 Å². The standard InChI is InChI=1S/C19H22N2O3S/c1-21(2)16(18-5-4-8-25-18)11-20-19(22)9-13-12-24-17-10-14(23-3)6-7-15(13)17/h4-8,10,12,16H,9,11H2,1-3H3,(H,20,22)/p+1/t16-/m1/s1. The first kappa shape index (κ1) is 17.5. The molecule has 132 valence electrons. The van der Waals surface area contributed by atoms with Crippen LogP contribution < -0.4 is 15.0 Å². The average Bonchev–Trinajstić information content (AvgIpc) is 3.25. The molecule has 2 N–H and O–H groups in total. The normalized spacial score (nSPS) is 12.5. The van der Waals surface area contributed by atoms with Crippen molar-refractivity contribution < 1.29 is 18.8 Å². The number of quaternary nitrogens is 1.